The minimum Gasteiger partial charge on any atom is -0.508 e. The Balaban J connectivity index is 1.69. The first kappa shape index (κ1) is 19.6. The molecule has 7 nitrogen and oxygen atoms in total. The van der Waals surface area contributed by atoms with E-state index in [0.717, 1.165) is 22.2 Å². The zero-order valence-electron chi connectivity index (χ0n) is 14.9. The van der Waals surface area contributed by atoms with Gasteiger partial charge in [-0.15, -0.1) is 5.10 Å². The molecular formula is C19H17FN4O3S. The third-order valence-corrected chi connectivity index (χ3v) is 5.01. The number of rotatable bonds is 4. The number of carbonyl (C=O) groups is 2. The number of nitrogens with two attached hydrogens (primary N) is 1. The molecule has 0 bridgehead atoms. The number of hydrogen-bond donors (Lipinski definition) is 2. The molecule has 0 saturated carbocycles. The highest BCUT2D eigenvalue weighted by molar-refractivity contribution is 8.14. The number of thioether (sulfide) groups is 1. The summed E-state index contributed by atoms with van der Waals surface area (Å²) < 4.78 is 13.1. The van der Waals surface area contributed by atoms with Crippen molar-refractivity contribution in [2.24, 2.45) is 15.9 Å². The Bertz CT molecular complexity index is 958. The topological polar surface area (TPSA) is 108 Å². The first-order chi connectivity index (χ1) is 13.3. The molecule has 9 heteroatoms. The molecular weight excluding hydrogens is 383 g/mol. The number of aromatic hydroxyl groups is 1. The highest BCUT2D eigenvalue weighted by atomic mass is 32.2. The molecule has 0 radical (unpaired) electrons. The quantitative estimate of drug-likeness (QED) is 0.355. The summed E-state index contributed by atoms with van der Waals surface area (Å²) in [5, 5.41) is 16.6. The van der Waals surface area contributed by atoms with Crippen molar-refractivity contribution in [3.8, 4) is 5.75 Å². The normalized spacial score (nSPS) is 18.1. The largest absolute Gasteiger partial charge is 0.508 e. The van der Waals surface area contributed by atoms with E-state index in [-0.39, 0.29) is 23.2 Å². The third-order valence-electron chi connectivity index (χ3n) is 4.04. The zero-order valence-corrected chi connectivity index (χ0v) is 15.7. The van der Waals surface area contributed by atoms with Crippen LogP contribution in [0.2, 0.25) is 0 Å². The minimum atomic E-state index is -0.717. The molecule has 28 heavy (non-hydrogen) atoms. The average Bonchev–Trinajstić information content (AvgIpc) is 2.94. The van der Waals surface area contributed by atoms with Crippen LogP contribution in [0.3, 0.4) is 0 Å². The van der Waals surface area contributed by atoms with Crippen LogP contribution in [0, 0.1) is 5.82 Å². The predicted octanol–water partition coefficient (Wildman–Crippen LogP) is 2.64. The number of amidine groups is 1. The van der Waals surface area contributed by atoms with Crippen molar-refractivity contribution in [1.29, 1.82) is 0 Å². The van der Waals surface area contributed by atoms with Gasteiger partial charge in [0, 0.05) is 6.42 Å². The van der Waals surface area contributed by atoms with Crippen molar-refractivity contribution in [3.05, 3.63) is 59.9 Å². The van der Waals surface area contributed by atoms with Crippen LogP contribution in [-0.4, -0.2) is 33.1 Å². The van der Waals surface area contributed by atoms with Gasteiger partial charge in [0.1, 0.15) is 16.8 Å². The molecule has 1 atom stereocenters. The number of phenols is 1. The van der Waals surface area contributed by atoms with Crippen molar-refractivity contribution in [3.63, 3.8) is 0 Å². The summed E-state index contributed by atoms with van der Waals surface area (Å²) in [7, 11) is 0. The summed E-state index contributed by atoms with van der Waals surface area (Å²) in [6, 6.07) is 11.6. The molecule has 2 aromatic carbocycles. The van der Waals surface area contributed by atoms with E-state index in [1.807, 2.05) is 0 Å². The molecule has 1 heterocycles. The Labute approximate surface area is 164 Å². The van der Waals surface area contributed by atoms with Gasteiger partial charge in [0.05, 0.1) is 11.4 Å². The summed E-state index contributed by atoms with van der Waals surface area (Å²) in [6.07, 6.45) is -0.0300. The molecule has 1 aliphatic heterocycles. The van der Waals surface area contributed by atoms with Crippen LogP contribution in [0.4, 0.5) is 10.1 Å². The van der Waals surface area contributed by atoms with E-state index in [0.29, 0.717) is 11.4 Å². The van der Waals surface area contributed by atoms with Crippen molar-refractivity contribution >= 4 is 40.1 Å². The van der Waals surface area contributed by atoms with Crippen molar-refractivity contribution < 1.29 is 19.1 Å². The molecule has 1 unspecified atom stereocenters. The number of carbonyl (C=O) groups excluding carboxylic acids is 2. The van der Waals surface area contributed by atoms with E-state index < -0.39 is 17.0 Å². The average molecular weight is 400 g/mol. The van der Waals surface area contributed by atoms with E-state index >= 15 is 0 Å². The minimum absolute atomic E-state index is 0.0300. The van der Waals surface area contributed by atoms with Gasteiger partial charge in [-0.1, -0.05) is 11.8 Å². The highest BCUT2D eigenvalue weighted by Crippen LogP contribution is 2.29. The number of nitrogens with zero attached hydrogens (tertiary/aromatic N) is 3. The molecule has 0 spiro atoms. The number of imide groups is 1. The Morgan fingerprint density at radius 2 is 1.79 bits per heavy atom. The maximum atomic E-state index is 13.1. The van der Waals surface area contributed by atoms with Gasteiger partial charge in [-0.05, 0) is 61.0 Å². The maximum absolute atomic E-state index is 13.1. The van der Waals surface area contributed by atoms with Crippen molar-refractivity contribution in [1.82, 2.24) is 0 Å². The van der Waals surface area contributed by atoms with E-state index in [1.165, 1.54) is 36.4 Å². The molecule has 2 amide bonds. The van der Waals surface area contributed by atoms with Crippen LogP contribution in [0.15, 0.2) is 58.7 Å². The third kappa shape index (κ3) is 4.37. The van der Waals surface area contributed by atoms with Crippen LogP contribution in [0.5, 0.6) is 5.75 Å². The SMILES string of the molecule is C/C(=N\N=C(N)SC1CC(=O)N(c2ccc(F)cc2)C1=O)c1ccc(O)cc1. The van der Waals surface area contributed by atoms with Crippen LogP contribution in [-0.2, 0) is 9.59 Å². The van der Waals surface area contributed by atoms with Crippen LogP contribution in [0.25, 0.3) is 0 Å². The van der Waals surface area contributed by atoms with E-state index in [4.69, 9.17) is 5.73 Å². The standard InChI is InChI=1S/C19H17FN4O3S/c1-11(12-2-8-15(25)9-3-12)22-23-19(21)28-16-10-17(26)24(18(16)27)14-6-4-13(20)5-7-14/h2-9,16,25H,10H2,1H3,(H2,21,23)/b22-11+. The monoisotopic (exact) mass is 400 g/mol. The van der Waals surface area contributed by atoms with Gasteiger partial charge in [-0.3, -0.25) is 9.59 Å². The summed E-state index contributed by atoms with van der Waals surface area (Å²) in [4.78, 5) is 25.8. The van der Waals surface area contributed by atoms with E-state index in [2.05, 4.69) is 10.2 Å². The fourth-order valence-corrected chi connectivity index (χ4v) is 3.42. The van der Waals surface area contributed by atoms with Gasteiger partial charge >= 0.3 is 0 Å². The van der Waals surface area contributed by atoms with Gasteiger partial charge in [0.15, 0.2) is 5.17 Å². The molecule has 1 saturated heterocycles. The number of halogens is 1. The lowest BCUT2D eigenvalue weighted by Crippen LogP contribution is -2.31. The number of anilines is 1. The van der Waals surface area contributed by atoms with E-state index in [1.54, 1.807) is 19.1 Å². The fourth-order valence-electron chi connectivity index (χ4n) is 2.61. The molecule has 3 N–H and O–H groups in total. The molecule has 1 fully saturated rings. The van der Waals surface area contributed by atoms with Crippen LogP contribution >= 0.6 is 11.8 Å². The second-order valence-electron chi connectivity index (χ2n) is 6.02. The Hall–Kier alpha value is -3.20. The molecule has 3 rings (SSSR count). The number of hydrogen-bond acceptors (Lipinski definition) is 6. The number of phenolic OH excluding ortho intramolecular Hbond substituents is 1. The number of benzene rings is 2. The van der Waals surface area contributed by atoms with E-state index in [9.17, 15) is 19.1 Å². The summed E-state index contributed by atoms with van der Waals surface area (Å²) in [5.74, 6) is -1.12. The molecule has 2 aromatic rings. The Kier molecular flexibility index (Phi) is 5.74. The highest BCUT2D eigenvalue weighted by Gasteiger charge is 2.40. The lowest BCUT2D eigenvalue weighted by atomic mass is 10.1. The first-order valence-electron chi connectivity index (χ1n) is 8.31. The van der Waals surface area contributed by atoms with Gasteiger partial charge in [-0.25, -0.2) is 9.29 Å². The molecule has 0 aliphatic carbocycles. The Morgan fingerprint density at radius 1 is 1.14 bits per heavy atom. The van der Waals surface area contributed by atoms with Crippen LogP contribution in [0.1, 0.15) is 18.9 Å². The first-order valence-corrected chi connectivity index (χ1v) is 9.19. The second kappa shape index (κ2) is 8.22. The lowest BCUT2D eigenvalue weighted by Gasteiger charge is -2.14. The summed E-state index contributed by atoms with van der Waals surface area (Å²) in [6.45, 7) is 1.73. The van der Waals surface area contributed by atoms with Crippen LogP contribution < -0.4 is 10.6 Å². The molecule has 1 aliphatic rings. The Morgan fingerprint density at radius 3 is 2.43 bits per heavy atom. The van der Waals surface area contributed by atoms with Gasteiger partial charge in [0.2, 0.25) is 11.8 Å². The maximum Gasteiger partial charge on any atom is 0.247 e. The van der Waals surface area contributed by atoms with Gasteiger partial charge in [-0.2, -0.15) is 5.10 Å². The summed E-state index contributed by atoms with van der Waals surface area (Å²) >= 11 is 0.955. The smallest absolute Gasteiger partial charge is 0.247 e. The molecule has 144 valence electrons. The van der Waals surface area contributed by atoms with Crippen molar-refractivity contribution in [2.45, 2.75) is 18.6 Å². The number of amides is 2. The van der Waals surface area contributed by atoms with Crippen molar-refractivity contribution in [2.75, 3.05) is 4.90 Å². The van der Waals surface area contributed by atoms with Gasteiger partial charge < -0.3 is 10.8 Å². The second-order valence-corrected chi connectivity index (χ2v) is 7.25. The summed E-state index contributed by atoms with van der Waals surface area (Å²) in [5.41, 5.74) is 7.50. The predicted molar refractivity (Wildman–Crippen MR) is 107 cm³/mol. The molecule has 0 aromatic heterocycles. The fraction of sp³-hybridized carbons (Fsp3) is 0.158. The lowest BCUT2D eigenvalue weighted by molar-refractivity contribution is -0.121. The zero-order chi connectivity index (χ0) is 20.3. The van der Waals surface area contributed by atoms with Gasteiger partial charge in [0.25, 0.3) is 0 Å².